The summed E-state index contributed by atoms with van der Waals surface area (Å²) >= 11 is 0. The number of hydrogen-bond donors (Lipinski definition) is 1. The van der Waals surface area contributed by atoms with E-state index in [0.717, 1.165) is 0 Å². The Bertz CT molecular complexity index is 234. The van der Waals surface area contributed by atoms with Gasteiger partial charge in [-0.25, -0.2) is 4.98 Å². The zero-order valence-electron chi connectivity index (χ0n) is 14.3. The Balaban J connectivity index is 0.000000595. The van der Waals surface area contributed by atoms with E-state index < -0.39 is 7.26 Å². The molecule has 1 heterocycles. The smallest absolute Gasteiger partial charge is 0.0919 e. The summed E-state index contributed by atoms with van der Waals surface area (Å²) in [7, 11) is -0.832. The second-order valence-corrected chi connectivity index (χ2v) is 11.1. The van der Waals surface area contributed by atoms with Crippen molar-refractivity contribution in [2.45, 2.75) is 66.2 Å². The van der Waals surface area contributed by atoms with Gasteiger partial charge in [0, 0.05) is 12.4 Å². The van der Waals surface area contributed by atoms with Gasteiger partial charge in [0.15, 0.2) is 0 Å². The van der Waals surface area contributed by atoms with Gasteiger partial charge >= 0.3 is 98.1 Å². The molecule has 0 saturated heterocycles. The summed E-state index contributed by atoms with van der Waals surface area (Å²) in [6.07, 6.45) is 20.1. The molecule has 1 aromatic heterocycles. The molecular formula is C17H37N2P. The van der Waals surface area contributed by atoms with Gasteiger partial charge in [0.1, 0.15) is 0 Å². The van der Waals surface area contributed by atoms with Crippen LogP contribution in [0, 0.1) is 0 Å². The third-order valence-electron chi connectivity index (χ3n) is 4.34. The summed E-state index contributed by atoms with van der Waals surface area (Å²) in [6.45, 7) is 9.49. The van der Waals surface area contributed by atoms with Crippen LogP contribution in [-0.4, -0.2) is 34.6 Å². The molecule has 0 saturated carbocycles. The van der Waals surface area contributed by atoms with Gasteiger partial charge in [-0.2, -0.15) is 0 Å². The van der Waals surface area contributed by atoms with Crippen molar-refractivity contribution in [3.63, 3.8) is 0 Å². The third-order valence-corrected chi connectivity index (χ3v) is 10.1. The minimum Gasteiger partial charge on any atom is -0.351 e. The minimum absolute atomic E-state index is 0.832. The molecule has 0 amide bonds. The van der Waals surface area contributed by atoms with Crippen LogP contribution < -0.4 is 0 Å². The number of unbranched alkanes of at least 4 members (excludes halogenated alkanes) is 3. The van der Waals surface area contributed by atoms with Gasteiger partial charge in [-0.05, 0) is 0 Å². The normalized spacial score (nSPS) is 11.8. The number of nitrogens with one attached hydrogen (secondary N) is 1. The quantitative estimate of drug-likeness (QED) is 0.562. The first kappa shape index (κ1) is 19.6. The molecule has 20 heavy (non-hydrogen) atoms. The van der Waals surface area contributed by atoms with E-state index in [1.165, 1.54) is 44.7 Å². The molecule has 1 rings (SSSR count). The van der Waals surface area contributed by atoms with Gasteiger partial charge in [-0.15, -0.1) is 0 Å². The Morgan fingerprint density at radius 1 is 0.850 bits per heavy atom. The fourth-order valence-corrected chi connectivity index (χ4v) is 7.90. The van der Waals surface area contributed by atoms with Crippen LogP contribution in [0.3, 0.4) is 0 Å². The van der Waals surface area contributed by atoms with Gasteiger partial charge in [-0.3, -0.25) is 0 Å². The van der Waals surface area contributed by atoms with Crippen molar-refractivity contribution in [2.24, 2.45) is 0 Å². The summed E-state index contributed by atoms with van der Waals surface area (Å²) < 4.78 is 0. The fourth-order valence-electron chi connectivity index (χ4n) is 2.78. The van der Waals surface area contributed by atoms with E-state index in [4.69, 9.17) is 0 Å². The number of aromatic nitrogens is 2. The maximum atomic E-state index is 3.67. The molecule has 1 aromatic rings. The number of H-pyrrole nitrogens is 1. The summed E-state index contributed by atoms with van der Waals surface area (Å²) in [5, 5.41) is 0. The zero-order chi connectivity index (χ0) is 15.1. The van der Waals surface area contributed by atoms with Gasteiger partial charge in [-0.1, -0.05) is 0 Å². The van der Waals surface area contributed by atoms with Crippen molar-refractivity contribution in [1.82, 2.24) is 9.97 Å². The molecule has 0 aromatic carbocycles. The summed E-state index contributed by atoms with van der Waals surface area (Å²) in [5.74, 6) is 0. The van der Waals surface area contributed by atoms with Gasteiger partial charge in [0.05, 0.1) is 6.33 Å². The second kappa shape index (κ2) is 13.6. The average Bonchev–Trinajstić information content (AvgIpc) is 3.07. The maximum Gasteiger partial charge on any atom is 0.0919 e. The number of imidazole rings is 1. The van der Waals surface area contributed by atoms with Crippen molar-refractivity contribution in [2.75, 3.05) is 24.6 Å². The molecule has 0 fully saturated rings. The number of aromatic amines is 1. The van der Waals surface area contributed by atoms with E-state index in [0.29, 0.717) is 0 Å². The Morgan fingerprint density at radius 3 is 1.55 bits per heavy atom. The van der Waals surface area contributed by atoms with Crippen molar-refractivity contribution in [1.29, 1.82) is 0 Å². The first-order chi connectivity index (χ1) is 9.74. The monoisotopic (exact) mass is 300 g/mol. The predicted molar refractivity (Wildman–Crippen MR) is 96.8 cm³/mol. The number of nitrogens with zero attached hydrogens (tertiary/aromatic N) is 1. The molecule has 0 unspecified atom stereocenters. The fraction of sp³-hybridized carbons (Fsp3) is 0.824. The Morgan fingerprint density at radius 2 is 1.35 bits per heavy atom. The molecule has 0 aliphatic rings. The molecule has 0 radical (unpaired) electrons. The van der Waals surface area contributed by atoms with Crippen molar-refractivity contribution in [3.8, 4) is 0 Å². The Hall–Kier alpha value is -0.360. The van der Waals surface area contributed by atoms with E-state index in [-0.39, 0.29) is 0 Å². The van der Waals surface area contributed by atoms with Crippen LogP contribution in [0.5, 0.6) is 0 Å². The topological polar surface area (TPSA) is 28.7 Å². The Labute approximate surface area is 127 Å². The second-order valence-electron chi connectivity index (χ2n) is 5.92. The standard InChI is InChI=1S/C14H33P.C3H4N2/c1-5-9-12-15(8-4,13-10-6-2)14-11-7-3;1-2-5-3-4-1/h15H,5-14H2,1-4H3;1-3H,(H,4,5). The van der Waals surface area contributed by atoms with E-state index >= 15 is 0 Å². The van der Waals surface area contributed by atoms with E-state index in [1.54, 1.807) is 37.2 Å². The summed E-state index contributed by atoms with van der Waals surface area (Å²) in [6, 6.07) is 0. The molecular weight excluding hydrogens is 263 g/mol. The summed E-state index contributed by atoms with van der Waals surface area (Å²) in [5.41, 5.74) is 0. The van der Waals surface area contributed by atoms with Gasteiger partial charge in [0.2, 0.25) is 0 Å². The predicted octanol–water partition coefficient (Wildman–Crippen LogP) is 5.57. The van der Waals surface area contributed by atoms with Crippen LogP contribution in [0.25, 0.3) is 0 Å². The van der Waals surface area contributed by atoms with Crippen molar-refractivity contribution >= 4 is 7.26 Å². The molecule has 3 heteroatoms. The third kappa shape index (κ3) is 9.53. The van der Waals surface area contributed by atoms with Crippen LogP contribution in [0.2, 0.25) is 0 Å². The molecule has 0 aliphatic heterocycles. The van der Waals surface area contributed by atoms with Crippen LogP contribution >= 0.6 is 7.26 Å². The van der Waals surface area contributed by atoms with Crippen molar-refractivity contribution < 1.29 is 0 Å². The zero-order valence-corrected chi connectivity index (χ0v) is 15.3. The minimum atomic E-state index is -0.832. The van der Waals surface area contributed by atoms with Gasteiger partial charge < -0.3 is 4.98 Å². The van der Waals surface area contributed by atoms with Crippen LogP contribution in [0.1, 0.15) is 66.2 Å². The molecule has 2 nitrogen and oxygen atoms in total. The average molecular weight is 300 g/mol. The molecule has 120 valence electrons. The SMILES string of the molecule is CCCC[PH](CC)(CCCC)CCCC.c1c[nH]cn1. The molecule has 0 aliphatic carbocycles. The van der Waals surface area contributed by atoms with Crippen LogP contribution in [0.4, 0.5) is 0 Å². The Kier molecular flexibility index (Phi) is 13.4. The number of rotatable bonds is 10. The molecule has 1 N–H and O–H groups in total. The number of hydrogen-bond acceptors (Lipinski definition) is 1. The molecule has 0 atom stereocenters. The van der Waals surface area contributed by atoms with Crippen LogP contribution in [-0.2, 0) is 0 Å². The van der Waals surface area contributed by atoms with E-state index in [9.17, 15) is 0 Å². The van der Waals surface area contributed by atoms with Gasteiger partial charge in [0.25, 0.3) is 0 Å². The largest absolute Gasteiger partial charge is 0.351 e. The summed E-state index contributed by atoms with van der Waals surface area (Å²) in [4.78, 5) is 6.42. The molecule has 0 spiro atoms. The first-order valence-electron chi connectivity index (χ1n) is 8.67. The van der Waals surface area contributed by atoms with E-state index in [1.807, 2.05) is 0 Å². The van der Waals surface area contributed by atoms with Crippen molar-refractivity contribution in [3.05, 3.63) is 18.7 Å². The first-order valence-corrected chi connectivity index (χ1v) is 11.5. The maximum absolute atomic E-state index is 3.67. The van der Waals surface area contributed by atoms with E-state index in [2.05, 4.69) is 37.7 Å². The molecule has 0 bridgehead atoms. The van der Waals surface area contributed by atoms with Crippen LogP contribution in [0.15, 0.2) is 18.7 Å².